The Morgan fingerprint density at radius 3 is 2.42 bits per heavy atom. The molecule has 5 heteroatoms. The molecule has 3 N–H and O–H groups in total. The molecule has 0 unspecified atom stereocenters. The first-order chi connectivity index (χ1) is 14.5. The number of allylic oxidation sites excluding steroid dienone is 9. The maximum atomic E-state index is 10.5. The topological polar surface area (TPSA) is 93.3 Å². The number of nitrogens with zero attached hydrogens (tertiary/aromatic N) is 1. The van der Waals surface area contributed by atoms with Gasteiger partial charge in [-0.3, -0.25) is 9.78 Å². The van der Waals surface area contributed by atoms with Gasteiger partial charge in [-0.25, -0.2) is 4.79 Å². The fraction of sp³-hybridized carbons (Fsp3) is 0.346. The Balaban J connectivity index is 0.000000442. The average molecular weight is 423 g/mol. The SMILES string of the molecule is CC1=C(/C=C/C(C)=C/C=C/C(C)=C/C(=O)O)C(C)(C)CCC1.NC(=O)c1cccnc1. The summed E-state index contributed by atoms with van der Waals surface area (Å²) in [5.74, 6) is -1.35. The van der Waals surface area contributed by atoms with Crippen LogP contribution in [-0.2, 0) is 4.79 Å². The van der Waals surface area contributed by atoms with E-state index in [1.807, 2.05) is 12.2 Å². The zero-order chi connectivity index (χ0) is 23.4. The van der Waals surface area contributed by atoms with Crippen LogP contribution in [-0.4, -0.2) is 22.0 Å². The summed E-state index contributed by atoms with van der Waals surface area (Å²) in [6, 6.07) is 3.29. The minimum Gasteiger partial charge on any atom is -0.478 e. The number of aliphatic carboxylic acids is 1. The first kappa shape index (κ1) is 25.8. The molecule has 0 aromatic carbocycles. The van der Waals surface area contributed by atoms with E-state index in [2.05, 4.69) is 44.8 Å². The van der Waals surface area contributed by atoms with E-state index in [4.69, 9.17) is 10.8 Å². The van der Waals surface area contributed by atoms with Crippen molar-refractivity contribution in [2.75, 3.05) is 0 Å². The summed E-state index contributed by atoms with van der Waals surface area (Å²) in [7, 11) is 0. The molecule has 0 radical (unpaired) electrons. The number of carbonyl (C=O) groups is 2. The third-order valence-electron chi connectivity index (χ3n) is 5.07. The summed E-state index contributed by atoms with van der Waals surface area (Å²) < 4.78 is 0. The lowest BCUT2D eigenvalue weighted by atomic mass is 9.72. The molecule has 0 spiro atoms. The van der Waals surface area contributed by atoms with Crippen LogP contribution in [0.4, 0.5) is 0 Å². The summed E-state index contributed by atoms with van der Waals surface area (Å²) in [5.41, 5.74) is 10.5. The Labute approximate surface area is 185 Å². The second-order valence-electron chi connectivity index (χ2n) is 8.37. The van der Waals surface area contributed by atoms with Crippen LogP contribution in [0.25, 0.3) is 0 Å². The van der Waals surface area contributed by atoms with E-state index in [1.54, 1.807) is 31.3 Å². The van der Waals surface area contributed by atoms with Gasteiger partial charge in [-0.1, -0.05) is 55.4 Å². The fourth-order valence-electron chi connectivity index (χ4n) is 3.38. The number of primary amides is 1. The molecule has 1 aromatic heterocycles. The van der Waals surface area contributed by atoms with Crippen LogP contribution >= 0.6 is 0 Å². The first-order valence-corrected chi connectivity index (χ1v) is 10.4. The Morgan fingerprint density at radius 2 is 1.90 bits per heavy atom. The first-order valence-electron chi connectivity index (χ1n) is 10.4. The molecule has 0 saturated heterocycles. The Morgan fingerprint density at radius 1 is 1.19 bits per heavy atom. The normalized spacial score (nSPS) is 16.9. The summed E-state index contributed by atoms with van der Waals surface area (Å²) in [6.45, 7) is 10.7. The fourth-order valence-corrected chi connectivity index (χ4v) is 3.38. The molecule has 0 saturated carbocycles. The summed E-state index contributed by atoms with van der Waals surface area (Å²) in [4.78, 5) is 24.6. The van der Waals surface area contributed by atoms with Crippen LogP contribution in [0.3, 0.4) is 0 Å². The van der Waals surface area contributed by atoms with E-state index in [1.165, 1.54) is 42.7 Å². The van der Waals surface area contributed by atoms with Crippen LogP contribution < -0.4 is 5.73 Å². The molecule has 1 heterocycles. The van der Waals surface area contributed by atoms with Crippen LogP contribution in [0.1, 0.15) is 64.2 Å². The van der Waals surface area contributed by atoms with Gasteiger partial charge in [0.25, 0.3) is 0 Å². The van der Waals surface area contributed by atoms with E-state index < -0.39 is 11.9 Å². The van der Waals surface area contributed by atoms with Crippen LogP contribution in [0.5, 0.6) is 0 Å². The van der Waals surface area contributed by atoms with Gasteiger partial charge in [-0.15, -0.1) is 0 Å². The van der Waals surface area contributed by atoms with Gasteiger partial charge >= 0.3 is 5.97 Å². The highest BCUT2D eigenvalue weighted by Crippen LogP contribution is 2.40. The second-order valence-corrected chi connectivity index (χ2v) is 8.37. The van der Waals surface area contributed by atoms with Crippen molar-refractivity contribution in [3.05, 3.63) is 88.8 Å². The lowest BCUT2D eigenvalue weighted by Crippen LogP contribution is -2.19. The molecule has 0 bridgehead atoms. The molecule has 5 nitrogen and oxygen atoms in total. The maximum Gasteiger partial charge on any atom is 0.328 e. The van der Waals surface area contributed by atoms with Gasteiger partial charge in [0.2, 0.25) is 5.91 Å². The molecule has 0 atom stereocenters. The van der Waals surface area contributed by atoms with Crippen molar-refractivity contribution < 1.29 is 14.7 Å². The molecule has 31 heavy (non-hydrogen) atoms. The van der Waals surface area contributed by atoms with Gasteiger partial charge in [0.05, 0.1) is 5.56 Å². The van der Waals surface area contributed by atoms with Crippen LogP contribution in [0.2, 0.25) is 0 Å². The predicted octanol–water partition coefficient (Wildman–Crippen LogP) is 5.78. The number of nitrogens with two attached hydrogens (primary N) is 1. The number of hydrogen-bond donors (Lipinski definition) is 2. The Hall–Kier alpha value is -3.21. The molecule has 0 fully saturated rings. The van der Waals surface area contributed by atoms with Crippen molar-refractivity contribution in [2.45, 2.75) is 53.9 Å². The van der Waals surface area contributed by atoms with E-state index in [0.717, 1.165) is 11.1 Å². The van der Waals surface area contributed by atoms with Gasteiger partial charge in [0, 0.05) is 18.5 Å². The number of carboxylic acid groups (broad SMARTS) is 1. The molecule has 166 valence electrons. The predicted molar refractivity (Wildman–Crippen MR) is 127 cm³/mol. The monoisotopic (exact) mass is 422 g/mol. The highest BCUT2D eigenvalue weighted by molar-refractivity contribution is 5.92. The smallest absolute Gasteiger partial charge is 0.328 e. The standard InChI is InChI=1S/C20H28O2.C6H6N2O/c1-15(8-6-9-16(2)14-19(21)22)11-12-18-17(3)10-7-13-20(18,4)5;7-6(9)5-2-1-3-8-4-5/h6,8-9,11-12,14H,7,10,13H2,1-5H3,(H,21,22);1-4H,(H2,7,9)/b9-6+,12-11+,15-8+,16-14+;. The van der Waals surface area contributed by atoms with Crippen molar-refractivity contribution in [3.8, 4) is 0 Å². The summed E-state index contributed by atoms with van der Waals surface area (Å²) in [6.07, 6.45) is 18.0. The molecule has 2 rings (SSSR count). The lowest BCUT2D eigenvalue weighted by Gasteiger charge is -2.32. The van der Waals surface area contributed by atoms with Crippen molar-refractivity contribution in [2.24, 2.45) is 11.1 Å². The van der Waals surface area contributed by atoms with E-state index in [9.17, 15) is 9.59 Å². The largest absolute Gasteiger partial charge is 0.478 e. The van der Waals surface area contributed by atoms with Crippen LogP contribution in [0, 0.1) is 5.41 Å². The Kier molecular flexibility index (Phi) is 10.4. The van der Waals surface area contributed by atoms with Gasteiger partial charge < -0.3 is 10.8 Å². The maximum absolute atomic E-state index is 10.5. The molecule has 1 amide bonds. The lowest BCUT2D eigenvalue weighted by molar-refractivity contribution is -0.131. The average Bonchev–Trinajstić information content (AvgIpc) is 2.67. The molecule has 1 aliphatic carbocycles. The van der Waals surface area contributed by atoms with Crippen molar-refractivity contribution >= 4 is 11.9 Å². The number of pyridine rings is 1. The minimum absolute atomic E-state index is 0.260. The van der Waals surface area contributed by atoms with Gasteiger partial charge in [-0.2, -0.15) is 0 Å². The number of rotatable bonds is 6. The van der Waals surface area contributed by atoms with E-state index in [0.29, 0.717) is 5.56 Å². The zero-order valence-corrected chi connectivity index (χ0v) is 19.2. The van der Waals surface area contributed by atoms with Gasteiger partial charge in [0.15, 0.2) is 0 Å². The number of carbonyl (C=O) groups excluding carboxylic acids is 1. The summed E-state index contributed by atoms with van der Waals surface area (Å²) >= 11 is 0. The molecule has 0 aliphatic heterocycles. The third-order valence-corrected chi connectivity index (χ3v) is 5.07. The third kappa shape index (κ3) is 9.90. The minimum atomic E-state index is -0.912. The van der Waals surface area contributed by atoms with Crippen molar-refractivity contribution in [3.63, 3.8) is 0 Å². The number of hydrogen-bond acceptors (Lipinski definition) is 3. The Bertz CT molecular complexity index is 917. The molecular weight excluding hydrogens is 388 g/mol. The quantitative estimate of drug-likeness (QED) is 0.449. The van der Waals surface area contributed by atoms with Gasteiger partial charge in [0.1, 0.15) is 0 Å². The summed E-state index contributed by atoms with van der Waals surface area (Å²) in [5, 5.41) is 8.65. The molecule has 1 aromatic rings. The van der Waals surface area contributed by atoms with Gasteiger partial charge in [-0.05, 0) is 68.7 Å². The van der Waals surface area contributed by atoms with Crippen LogP contribution in [0.15, 0.2) is 83.3 Å². The number of amides is 1. The highest BCUT2D eigenvalue weighted by atomic mass is 16.4. The van der Waals surface area contributed by atoms with E-state index >= 15 is 0 Å². The zero-order valence-electron chi connectivity index (χ0n) is 19.2. The number of carboxylic acids is 1. The second kappa shape index (κ2) is 12.5. The highest BCUT2D eigenvalue weighted by Gasteiger charge is 2.26. The number of aromatic nitrogens is 1. The molecular formula is C26H34N2O3. The van der Waals surface area contributed by atoms with E-state index in [-0.39, 0.29) is 5.41 Å². The van der Waals surface area contributed by atoms with Crippen molar-refractivity contribution in [1.29, 1.82) is 0 Å². The van der Waals surface area contributed by atoms with Crippen molar-refractivity contribution in [1.82, 2.24) is 4.98 Å². The molecule has 1 aliphatic rings.